The van der Waals surface area contributed by atoms with Gasteiger partial charge < -0.3 is 21.3 Å². The molecule has 4 N–H and O–H groups in total. The summed E-state index contributed by atoms with van der Waals surface area (Å²) in [6, 6.07) is 6.44. The van der Waals surface area contributed by atoms with E-state index in [1.54, 1.807) is 24.3 Å². The number of carbonyl (C=O) groups excluding carboxylic acids is 3. The second-order valence-corrected chi connectivity index (χ2v) is 6.22. The molecule has 27 heavy (non-hydrogen) atoms. The summed E-state index contributed by atoms with van der Waals surface area (Å²) in [5.41, 5.74) is 1.73. The predicted molar refractivity (Wildman–Crippen MR) is 103 cm³/mol. The highest BCUT2D eigenvalue weighted by molar-refractivity contribution is 5.96. The summed E-state index contributed by atoms with van der Waals surface area (Å²) < 4.78 is 0. The molecule has 0 aliphatic carbocycles. The van der Waals surface area contributed by atoms with Gasteiger partial charge in [-0.15, -0.1) is 0 Å². The zero-order valence-corrected chi connectivity index (χ0v) is 15.1. The average molecular weight is 370 g/mol. The van der Waals surface area contributed by atoms with Gasteiger partial charge in [0.2, 0.25) is 24.7 Å². The van der Waals surface area contributed by atoms with Crippen molar-refractivity contribution in [1.82, 2.24) is 15.3 Å². The molecule has 1 unspecified atom stereocenters. The van der Waals surface area contributed by atoms with Crippen LogP contribution in [0.5, 0.6) is 0 Å². The first-order valence-electron chi connectivity index (χ1n) is 8.41. The molecular weight excluding hydrogens is 348 g/mol. The molecule has 0 bridgehead atoms. The molecule has 9 nitrogen and oxygen atoms in total. The molecule has 0 fully saturated rings. The molecule has 1 atom stereocenters. The SMILES string of the molecule is CC(C)CC(NC=O)C(=O)Nc1cccc(Nc2ncc(NC=O)cn2)c1. The van der Waals surface area contributed by atoms with E-state index in [0.29, 0.717) is 42.3 Å². The van der Waals surface area contributed by atoms with E-state index in [9.17, 15) is 14.4 Å². The van der Waals surface area contributed by atoms with Crippen molar-refractivity contribution in [2.24, 2.45) is 5.92 Å². The lowest BCUT2D eigenvalue weighted by atomic mass is 10.0. The molecule has 0 saturated heterocycles. The summed E-state index contributed by atoms with van der Waals surface area (Å²) in [5, 5.41) is 10.8. The largest absolute Gasteiger partial charge is 0.347 e. The number of nitrogens with zero attached hydrogens (tertiary/aromatic N) is 2. The summed E-state index contributed by atoms with van der Waals surface area (Å²) in [4.78, 5) is 41.7. The quantitative estimate of drug-likeness (QED) is 0.473. The molecule has 0 aliphatic rings. The van der Waals surface area contributed by atoms with Gasteiger partial charge in [-0.05, 0) is 30.5 Å². The van der Waals surface area contributed by atoms with Crippen molar-refractivity contribution in [3.05, 3.63) is 36.7 Å². The van der Waals surface area contributed by atoms with E-state index in [4.69, 9.17) is 0 Å². The van der Waals surface area contributed by atoms with Crippen LogP contribution >= 0.6 is 0 Å². The summed E-state index contributed by atoms with van der Waals surface area (Å²) in [5.74, 6) is 0.318. The van der Waals surface area contributed by atoms with Crippen LogP contribution in [0.3, 0.4) is 0 Å². The first-order chi connectivity index (χ1) is 13.0. The van der Waals surface area contributed by atoms with Crippen molar-refractivity contribution < 1.29 is 14.4 Å². The molecule has 142 valence electrons. The van der Waals surface area contributed by atoms with Crippen LogP contribution in [-0.2, 0) is 14.4 Å². The summed E-state index contributed by atoms with van der Waals surface area (Å²) in [6.45, 7) is 3.96. The van der Waals surface area contributed by atoms with Crippen LogP contribution in [-0.4, -0.2) is 34.7 Å². The molecule has 0 saturated carbocycles. The van der Waals surface area contributed by atoms with Crippen molar-refractivity contribution in [2.75, 3.05) is 16.0 Å². The Morgan fingerprint density at radius 3 is 2.41 bits per heavy atom. The van der Waals surface area contributed by atoms with Crippen LogP contribution in [0.15, 0.2) is 36.7 Å². The number of benzene rings is 1. The molecule has 0 spiro atoms. The maximum absolute atomic E-state index is 12.4. The fraction of sp³-hybridized carbons (Fsp3) is 0.278. The molecule has 3 amide bonds. The Hall–Kier alpha value is -3.49. The fourth-order valence-corrected chi connectivity index (χ4v) is 2.37. The Balaban J connectivity index is 2.04. The number of amides is 3. The highest BCUT2D eigenvalue weighted by Gasteiger charge is 2.19. The van der Waals surface area contributed by atoms with Gasteiger partial charge in [-0.1, -0.05) is 19.9 Å². The maximum Gasteiger partial charge on any atom is 0.246 e. The second kappa shape index (κ2) is 9.85. The van der Waals surface area contributed by atoms with Gasteiger partial charge in [-0.2, -0.15) is 0 Å². The molecular formula is C18H22N6O3. The van der Waals surface area contributed by atoms with Gasteiger partial charge in [0.05, 0.1) is 18.1 Å². The Labute approximate surface area is 157 Å². The number of aromatic nitrogens is 2. The predicted octanol–water partition coefficient (Wildman–Crippen LogP) is 1.89. The summed E-state index contributed by atoms with van der Waals surface area (Å²) >= 11 is 0. The lowest BCUT2D eigenvalue weighted by Gasteiger charge is -2.18. The number of nitrogens with one attached hydrogen (secondary N) is 4. The van der Waals surface area contributed by atoms with Crippen molar-refractivity contribution in [2.45, 2.75) is 26.3 Å². The maximum atomic E-state index is 12.4. The minimum absolute atomic E-state index is 0.259. The molecule has 0 radical (unpaired) electrons. The van der Waals surface area contributed by atoms with Crippen LogP contribution in [0.25, 0.3) is 0 Å². The van der Waals surface area contributed by atoms with Gasteiger partial charge in [-0.25, -0.2) is 9.97 Å². The van der Waals surface area contributed by atoms with Crippen LogP contribution in [0.1, 0.15) is 20.3 Å². The van der Waals surface area contributed by atoms with Crippen LogP contribution in [0, 0.1) is 5.92 Å². The van der Waals surface area contributed by atoms with Gasteiger partial charge in [0.1, 0.15) is 6.04 Å². The minimum atomic E-state index is -0.597. The Bertz CT molecular complexity index is 779. The van der Waals surface area contributed by atoms with Gasteiger partial charge in [-0.3, -0.25) is 14.4 Å². The van der Waals surface area contributed by atoms with Gasteiger partial charge in [0, 0.05) is 11.4 Å². The van der Waals surface area contributed by atoms with Gasteiger partial charge in [0.15, 0.2) is 0 Å². The van der Waals surface area contributed by atoms with Crippen molar-refractivity contribution in [3.8, 4) is 0 Å². The number of carbonyl (C=O) groups is 3. The third-order valence-electron chi connectivity index (χ3n) is 3.56. The highest BCUT2D eigenvalue weighted by atomic mass is 16.2. The molecule has 2 aromatic rings. The van der Waals surface area contributed by atoms with E-state index in [2.05, 4.69) is 31.2 Å². The van der Waals surface area contributed by atoms with Gasteiger partial charge in [0.25, 0.3) is 0 Å². The zero-order valence-electron chi connectivity index (χ0n) is 15.1. The van der Waals surface area contributed by atoms with Crippen LogP contribution in [0.4, 0.5) is 23.0 Å². The Kier molecular flexibility index (Phi) is 7.24. The number of rotatable bonds is 10. The third kappa shape index (κ3) is 6.38. The lowest BCUT2D eigenvalue weighted by molar-refractivity contribution is -0.121. The minimum Gasteiger partial charge on any atom is -0.347 e. The topological polar surface area (TPSA) is 125 Å². The second-order valence-electron chi connectivity index (χ2n) is 6.22. The van der Waals surface area contributed by atoms with Crippen LogP contribution < -0.4 is 21.3 Å². The van der Waals surface area contributed by atoms with Gasteiger partial charge >= 0.3 is 0 Å². The smallest absolute Gasteiger partial charge is 0.246 e. The third-order valence-corrected chi connectivity index (χ3v) is 3.56. The monoisotopic (exact) mass is 370 g/mol. The fourth-order valence-electron chi connectivity index (χ4n) is 2.37. The van der Waals surface area contributed by atoms with Crippen LogP contribution in [0.2, 0.25) is 0 Å². The van der Waals surface area contributed by atoms with E-state index in [1.807, 2.05) is 13.8 Å². The Morgan fingerprint density at radius 1 is 1.07 bits per heavy atom. The van der Waals surface area contributed by atoms with E-state index in [-0.39, 0.29) is 11.8 Å². The molecule has 0 aliphatic heterocycles. The molecule has 9 heteroatoms. The van der Waals surface area contributed by atoms with E-state index >= 15 is 0 Å². The average Bonchev–Trinajstić information content (AvgIpc) is 2.63. The zero-order chi connectivity index (χ0) is 19.6. The summed E-state index contributed by atoms with van der Waals surface area (Å²) in [6.07, 6.45) is 4.56. The van der Waals surface area contributed by atoms with Crippen molar-refractivity contribution in [3.63, 3.8) is 0 Å². The number of hydrogen-bond acceptors (Lipinski definition) is 6. The van der Waals surface area contributed by atoms with E-state index < -0.39 is 6.04 Å². The molecule has 1 heterocycles. The molecule has 1 aromatic heterocycles. The lowest BCUT2D eigenvalue weighted by Crippen LogP contribution is -2.40. The summed E-state index contributed by atoms with van der Waals surface area (Å²) in [7, 11) is 0. The molecule has 1 aromatic carbocycles. The van der Waals surface area contributed by atoms with E-state index in [1.165, 1.54) is 12.4 Å². The first-order valence-corrected chi connectivity index (χ1v) is 8.41. The van der Waals surface area contributed by atoms with Crippen molar-refractivity contribution in [1.29, 1.82) is 0 Å². The highest BCUT2D eigenvalue weighted by Crippen LogP contribution is 2.19. The molecule has 2 rings (SSSR count). The number of anilines is 4. The van der Waals surface area contributed by atoms with Crippen molar-refractivity contribution >= 4 is 41.7 Å². The first kappa shape index (κ1) is 19.8. The Morgan fingerprint density at radius 2 is 1.78 bits per heavy atom. The number of hydrogen-bond donors (Lipinski definition) is 4. The normalized spacial score (nSPS) is 11.4. The standard InChI is InChI=1S/C18H22N6O3/c1-12(2)6-16(22-11-26)17(27)23-13-4-3-5-14(7-13)24-18-19-8-15(9-20-18)21-10-25/h3-5,7-12,16H,6H2,1-2H3,(H,21,25)(H,22,26)(H,23,27)(H,19,20,24). The van der Waals surface area contributed by atoms with E-state index in [0.717, 1.165) is 0 Å².